The van der Waals surface area contributed by atoms with Crippen LogP contribution in [0.2, 0.25) is 0 Å². The third-order valence-corrected chi connectivity index (χ3v) is 4.01. The zero-order valence-corrected chi connectivity index (χ0v) is 19.2. The van der Waals surface area contributed by atoms with E-state index in [2.05, 4.69) is 20.9 Å². The predicted octanol–water partition coefficient (Wildman–Crippen LogP) is 5.84. The molecule has 1 aromatic rings. The maximum absolute atomic E-state index is 12.8. The second kappa shape index (κ2) is 9.59. The molecule has 1 rings (SSSR count). The standard InChI is InChI=1S/C19H27BrN2O4S/c1-18(2,3)25-16(23)21-15(27-7)22(17(24)26-19(4,5)6)12-13-9-8-10-14(20)11-13/h8-11H,12H2,1-7H3/b21-15-. The van der Waals surface area contributed by atoms with Crippen LogP contribution in [0.25, 0.3) is 0 Å². The number of benzene rings is 1. The van der Waals surface area contributed by atoms with Gasteiger partial charge >= 0.3 is 12.2 Å². The molecule has 0 fully saturated rings. The number of carbonyl (C=O) groups excluding carboxylic acids is 2. The number of thioether (sulfide) groups is 1. The molecule has 2 amide bonds. The summed E-state index contributed by atoms with van der Waals surface area (Å²) >= 11 is 4.59. The van der Waals surface area contributed by atoms with Gasteiger partial charge in [0.1, 0.15) is 11.2 Å². The zero-order chi connectivity index (χ0) is 20.8. The minimum atomic E-state index is -0.755. The first-order valence-corrected chi connectivity index (χ1v) is 10.4. The van der Waals surface area contributed by atoms with Crippen LogP contribution in [0.3, 0.4) is 0 Å². The molecule has 0 radical (unpaired) electrons. The van der Waals surface area contributed by atoms with E-state index in [4.69, 9.17) is 9.47 Å². The summed E-state index contributed by atoms with van der Waals surface area (Å²) in [6, 6.07) is 7.54. The summed E-state index contributed by atoms with van der Waals surface area (Å²) in [5.41, 5.74) is -0.492. The molecule has 0 N–H and O–H groups in total. The van der Waals surface area contributed by atoms with Gasteiger partial charge in [-0.1, -0.05) is 39.8 Å². The molecule has 1 aromatic carbocycles. The molecule has 0 bridgehead atoms. The Bertz CT molecular complexity index is 708. The molecule has 0 aliphatic heterocycles. The molecule has 0 spiro atoms. The summed E-state index contributed by atoms with van der Waals surface area (Å²) in [7, 11) is 0. The van der Waals surface area contributed by atoms with Crippen LogP contribution >= 0.6 is 27.7 Å². The Morgan fingerprint density at radius 1 is 1.11 bits per heavy atom. The summed E-state index contributed by atoms with van der Waals surface area (Å²) < 4.78 is 11.6. The van der Waals surface area contributed by atoms with Gasteiger partial charge in [-0.2, -0.15) is 4.99 Å². The van der Waals surface area contributed by atoms with Crippen molar-refractivity contribution < 1.29 is 19.1 Å². The number of amidine groups is 1. The molecule has 0 saturated heterocycles. The Kier molecular flexibility index (Phi) is 8.35. The van der Waals surface area contributed by atoms with Gasteiger partial charge in [-0.25, -0.2) is 9.59 Å². The van der Waals surface area contributed by atoms with Crippen LogP contribution < -0.4 is 0 Å². The van der Waals surface area contributed by atoms with Crippen LogP contribution in [-0.4, -0.2) is 39.7 Å². The maximum Gasteiger partial charge on any atom is 0.436 e. The number of rotatable bonds is 2. The summed E-state index contributed by atoms with van der Waals surface area (Å²) in [6.07, 6.45) is 0.398. The smallest absolute Gasteiger partial charge is 0.436 e. The third kappa shape index (κ3) is 9.28. The lowest BCUT2D eigenvalue weighted by Crippen LogP contribution is -2.39. The highest BCUT2D eigenvalue weighted by Gasteiger charge is 2.27. The monoisotopic (exact) mass is 458 g/mol. The van der Waals surface area contributed by atoms with Gasteiger partial charge in [0, 0.05) is 4.47 Å². The number of aliphatic imine (C=N–C) groups is 1. The summed E-state index contributed by atoms with van der Waals surface area (Å²) in [5.74, 6) is 0. The highest BCUT2D eigenvalue weighted by Crippen LogP contribution is 2.20. The third-order valence-electron chi connectivity index (χ3n) is 2.84. The van der Waals surface area contributed by atoms with Gasteiger partial charge in [0.15, 0.2) is 5.17 Å². The molecule has 0 saturated carbocycles. The van der Waals surface area contributed by atoms with Crippen LogP contribution in [0, 0.1) is 0 Å². The lowest BCUT2D eigenvalue weighted by atomic mass is 10.2. The zero-order valence-electron chi connectivity index (χ0n) is 16.8. The Hall–Kier alpha value is -1.54. The second-order valence-electron chi connectivity index (χ2n) is 7.78. The van der Waals surface area contributed by atoms with Crippen molar-refractivity contribution in [3.05, 3.63) is 34.3 Å². The van der Waals surface area contributed by atoms with Crippen LogP contribution in [0.4, 0.5) is 9.59 Å². The van der Waals surface area contributed by atoms with Gasteiger partial charge in [-0.3, -0.25) is 4.90 Å². The van der Waals surface area contributed by atoms with E-state index >= 15 is 0 Å². The van der Waals surface area contributed by atoms with Crippen molar-refractivity contribution in [3.63, 3.8) is 0 Å². The van der Waals surface area contributed by atoms with Crippen LogP contribution in [0.5, 0.6) is 0 Å². The molecule has 0 aromatic heterocycles. The van der Waals surface area contributed by atoms with Gasteiger partial charge in [0.25, 0.3) is 0 Å². The second-order valence-corrected chi connectivity index (χ2v) is 9.46. The molecule has 0 aliphatic carbocycles. The van der Waals surface area contributed by atoms with Crippen molar-refractivity contribution in [3.8, 4) is 0 Å². The SMILES string of the molecule is CS/C(=N\C(=O)OC(C)(C)C)N(Cc1cccc(Br)c1)C(=O)OC(C)(C)C. The Morgan fingerprint density at radius 3 is 2.19 bits per heavy atom. The van der Waals surface area contributed by atoms with Crippen molar-refractivity contribution in [2.24, 2.45) is 4.99 Å². The number of hydrogen-bond donors (Lipinski definition) is 0. The van der Waals surface area contributed by atoms with Crippen molar-refractivity contribution >= 4 is 45.0 Å². The van der Waals surface area contributed by atoms with E-state index in [1.165, 1.54) is 16.7 Å². The largest absolute Gasteiger partial charge is 0.443 e. The molecular weight excluding hydrogens is 432 g/mol. The molecule has 0 unspecified atom stereocenters. The lowest BCUT2D eigenvalue weighted by Gasteiger charge is -2.27. The Morgan fingerprint density at radius 2 is 1.70 bits per heavy atom. The fourth-order valence-corrected chi connectivity index (χ4v) is 2.90. The molecular formula is C19H27BrN2O4S. The average Bonchev–Trinajstić information content (AvgIpc) is 2.47. The van der Waals surface area contributed by atoms with E-state index in [0.717, 1.165) is 10.0 Å². The molecule has 6 nitrogen and oxygen atoms in total. The van der Waals surface area contributed by atoms with Crippen molar-refractivity contribution in [1.82, 2.24) is 4.90 Å². The van der Waals surface area contributed by atoms with Gasteiger partial charge in [-0.05, 0) is 65.5 Å². The van der Waals surface area contributed by atoms with E-state index in [9.17, 15) is 9.59 Å². The number of ether oxygens (including phenoxy) is 2. The van der Waals surface area contributed by atoms with E-state index in [1.54, 1.807) is 47.8 Å². The normalized spacial score (nSPS) is 12.5. The van der Waals surface area contributed by atoms with Gasteiger partial charge < -0.3 is 9.47 Å². The molecule has 27 heavy (non-hydrogen) atoms. The fourth-order valence-electron chi connectivity index (χ4n) is 1.92. The molecule has 0 heterocycles. The number of nitrogens with zero attached hydrogens (tertiary/aromatic N) is 2. The average molecular weight is 459 g/mol. The summed E-state index contributed by atoms with van der Waals surface area (Å²) in [4.78, 5) is 30.2. The number of carbonyl (C=O) groups is 2. The van der Waals surface area contributed by atoms with Gasteiger partial charge in [0.2, 0.25) is 0 Å². The van der Waals surface area contributed by atoms with Crippen molar-refractivity contribution in [1.29, 1.82) is 0 Å². The minimum Gasteiger partial charge on any atom is -0.443 e. The van der Waals surface area contributed by atoms with E-state index in [-0.39, 0.29) is 11.7 Å². The number of hydrogen-bond acceptors (Lipinski definition) is 5. The van der Waals surface area contributed by atoms with Crippen LogP contribution in [-0.2, 0) is 16.0 Å². The first-order valence-electron chi connectivity index (χ1n) is 8.41. The van der Waals surface area contributed by atoms with Gasteiger partial charge in [-0.15, -0.1) is 0 Å². The lowest BCUT2D eigenvalue weighted by molar-refractivity contribution is 0.0363. The Balaban J connectivity index is 3.20. The summed E-state index contributed by atoms with van der Waals surface area (Å²) in [5, 5.41) is 0.207. The Labute approximate surface area is 173 Å². The highest BCUT2D eigenvalue weighted by atomic mass is 79.9. The van der Waals surface area contributed by atoms with E-state index in [1.807, 2.05) is 24.3 Å². The van der Waals surface area contributed by atoms with E-state index < -0.39 is 23.4 Å². The highest BCUT2D eigenvalue weighted by molar-refractivity contribution is 9.10. The number of amides is 2. The van der Waals surface area contributed by atoms with Crippen LogP contribution in [0.15, 0.2) is 33.7 Å². The molecule has 0 aliphatic rings. The molecule has 0 atom stereocenters. The van der Waals surface area contributed by atoms with Gasteiger partial charge in [0.05, 0.1) is 6.54 Å². The van der Waals surface area contributed by atoms with E-state index in [0.29, 0.717) is 0 Å². The topological polar surface area (TPSA) is 68.2 Å². The first kappa shape index (κ1) is 23.5. The van der Waals surface area contributed by atoms with Crippen molar-refractivity contribution in [2.75, 3.05) is 6.26 Å². The van der Waals surface area contributed by atoms with Crippen LogP contribution in [0.1, 0.15) is 47.1 Å². The maximum atomic E-state index is 12.8. The number of halogens is 1. The van der Waals surface area contributed by atoms with Crippen molar-refractivity contribution in [2.45, 2.75) is 59.3 Å². The molecule has 8 heteroatoms. The fraction of sp³-hybridized carbons (Fsp3) is 0.526. The summed E-state index contributed by atoms with van der Waals surface area (Å²) in [6.45, 7) is 10.8. The molecule has 150 valence electrons. The first-order chi connectivity index (χ1) is 12.3. The minimum absolute atomic E-state index is 0.205. The quantitative estimate of drug-likeness (QED) is 0.411. The predicted molar refractivity (Wildman–Crippen MR) is 113 cm³/mol.